The molecule has 0 saturated carbocycles. The maximum atomic E-state index is 10.2. The molecule has 0 amide bonds. The maximum absolute atomic E-state index is 10.2. The molecule has 2 heterocycles. The zero-order valence-corrected chi connectivity index (χ0v) is 8.86. The van der Waals surface area contributed by atoms with Gasteiger partial charge in [-0.25, -0.2) is 4.79 Å². The van der Waals surface area contributed by atoms with Crippen LogP contribution in [0.5, 0.6) is 0 Å². The lowest BCUT2D eigenvalue weighted by molar-refractivity contribution is -0.142. The number of carboxylic acids is 1. The van der Waals surface area contributed by atoms with Crippen LogP contribution >= 0.6 is 22.7 Å². The van der Waals surface area contributed by atoms with Crippen molar-refractivity contribution < 1.29 is 14.6 Å². The summed E-state index contributed by atoms with van der Waals surface area (Å²) < 4.78 is 7.48. The van der Waals surface area contributed by atoms with Crippen LogP contribution in [0.15, 0.2) is 17.5 Å². The van der Waals surface area contributed by atoms with E-state index in [0.717, 1.165) is 4.88 Å². The summed E-state index contributed by atoms with van der Waals surface area (Å²) in [7, 11) is 0. The Morgan fingerprint density at radius 3 is 3.07 bits per heavy atom. The molecule has 0 aromatic carbocycles. The summed E-state index contributed by atoms with van der Waals surface area (Å²) >= 11 is 3.33. The van der Waals surface area contributed by atoms with Gasteiger partial charge in [0.05, 0.1) is 6.61 Å². The first-order valence-corrected chi connectivity index (χ1v) is 5.71. The van der Waals surface area contributed by atoms with Crippen LogP contribution in [0.3, 0.4) is 0 Å². The summed E-state index contributed by atoms with van der Waals surface area (Å²) in [6, 6.07) is 4.11. The molecule has 74 valence electrons. The fourth-order valence-electron chi connectivity index (χ4n) is 1.13. The number of rotatable bonds is 4. The average Bonchev–Trinajstić information content (AvgIpc) is 2.62. The van der Waals surface area contributed by atoms with E-state index in [0.29, 0.717) is 6.61 Å². The van der Waals surface area contributed by atoms with E-state index in [2.05, 4.69) is 6.07 Å². The van der Waals surface area contributed by atoms with Gasteiger partial charge in [-0.2, -0.15) is 0 Å². The molecular formula is C9H8O3S2. The van der Waals surface area contributed by atoms with Gasteiger partial charge in [-0.05, 0) is 17.5 Å². The highest BCUT2D eigenvalue weighted by molar-refractivity contribution is 7.26. The molecule has 0 radical (unpaired) electrons. The van der Waals surface area contributed by atoms with E-state index < -0.39 is 5.97 Å². The van der Waals surface area contributed by atoms with Crippen LogP contribution in [-0.2, 0) is 16.1 Å². The molecule has 0 unspecified atom stereocenters. The van der Waals surface area contributed by atoms with Gasteiger partial charge < -0.3 is 9.84 Å². The Kier molecular flexibility index (Phi) is 2.81. The predicted octanol–water partition coefficient (Wildman–Crippen LogP) is 2.56. The second-order valence-electron chi connectivity index (χ2n) is 2.75. The standard InChI is InChI=1S/C9H8O3S2/c10-9(11)5-12-4-6-3-8-7(14-6)1-2-13-8/h1-3H,4-5H2,(H,10,11). The van der Waals surface area contributed by atoms with Crippen LogP contribution in [0, 0.1) is 0 Å². The van der Waals surface area contributed by atoms with E-state index >= 15 is 0 Å². The molecule has 0 aliphatic carbocycles. The van der Waals surface area contributed by atoms with Gasteiger partial charge in [0, 0.05) is 14.3 Å². The van der Waals surface area contributed by atoms with Crippen LogP contribution < -0.4 is 0 Å². The number of fused-ring (bicyclic) bond motifs is 1. The van der Waals surface area contributed by atoms with Crippen molar-refractivity contribution in [2.45, 2.75) is 6.61 Å². The lowest BCUT2D eigenvalue weighted by Crippen LogP contribution is -2.05. The largest absolute Gasteiger partial charge is 0.480 e. The first kappa shape index (κ1) is 9.64. The maximum Gasteiger partial charge on any atom is 0.329 e. The number of ether oxygens (including phenoxy) is 1. The number of carboxylic acid groups (broad SMARTS) is 1. The quantitative estimate of drug-likeness (QED) is 0.874. The molecule has 0 bridgehead atoms. The topological polar surface area (TPSA) is 46.5 Å². The number of hydrogen-bond donors (Lipinski definition) is 1. The summed E-state index contributed by atoms with van der Waals surface area (Å²) in [5.41, 5.74) is 0. The summed E-state index contributed by atoms with van der Waals surface area (Å²) in [6.45, 7) is 0.157. The van der Waals surface area contributed by atoms with Crippen LogP contribution in [0.2, 0.25) is 0 Å². The fourth-order valence-corrected chi connectivity index (χ4v) is 3.20. The van der Waals surface area contributed by atoms with Gasteiger partial charge in [0.1, 0.15) is 6.61 Å². The third kappa shape index (κ3) is 2.12. The Morgan fingerprint density at radius 1 is 1.50 bits per heavy atom. The van der Waals surface area contributed by atoms with Crippen LogP contribution in [0.1, 0.15) is 4.88 Å². The summed E-state index contributed by atoms with van der Waals surface area (Å²) in [5, 5.41) is 10.4. The molecule has 0 aliphatic heterocycles. The molecule has 3 nitrogen and oxygen atoms in total. The predicted molar refractivity (Wildman–Crippen MR) is 57.0 cm³/mol. The van der Waals surface area contributed by atoms with Gasteiger partial charge in [0.15, 0.2) is 0 Å². The minimum absolute atomic E-state index is 0.231. The molecule has 2 rings (SSSR count). The van der Waals surface area contributed by atoms with Crippen molar-refractivity contribution in [2.24, 2.45) is 0 Å². The van der Waals surface area contributed by atoms with E-state index in [1.165, 1.54) is 9.40 Å². The lowest BCUT2D eigenvalue weighted by atomic mass is 10.4. The number of carbonyl (C=O) groups is 1. The first-order valence-electron chi connectivity index (χ1n) is 4.01. The molecule has 0 aliphatic rings. The van der Waals surface area contributed by atoms with Crippen molar-refractivity contribution in [3.63, 3.8) is 0 Å². The molecule has 2 aromatic heterocycles. The zero-order valence-electron chi connectivity index (χ0n) is 7.23. The van der Waals surface area contributed by atoms with E-state index in [1.54, 1.807) is 22.7 Å². The first-order chi connectivity index (χ1) is 6.75. The van der Waals surface area contributed by atoms with Gasteiger partial charge in [0.2, 0.25) is 0 Å². The SMILES string of the molecule is O=C(O)COCc1cc2sccc2s1. The van der Waals surface area contributed by atoms with Crippen LogP contribution in [0.4, 0.5) is 0 Å². The van der Waals surface area contributed by atoms with Gasteiger partial charge in [-0.1, -0.05) is 0 Å². The van der Waals surface area contributed by atoms with Gasteiger partial charge >= 0.3 is 5.97 Å². The molecular weight excluding hydrogens is 220 g/mol. The highest BCUT2D eigenvalue weighted by Crippen LogP contribution is 2.30. The summed E-state index contributed by atoms with van der Waals surface area (Å²) in [6.07, 6.45) is 0. The van der Waals surface area contributed by atoms with Gasteiger partial charge in [0.25, 0.3) is 0 Å². The normalized spacial score (nSPS) is 10.9. The third-order valence-corrected chi connectivity index (χ3v) is 3.73. The molecule has 2 aromatic rings. The van der Waals surface area contributed by atoms with Crippen molar-refractivity contribution in [3.05, 3.63) is 22.4 Å². The Hall–Kier alpha value is -0.910. The molecule has 5 heteroatoms. The average molecular weight is 228 g/mol. The number of hydrogen-bond acceptors (Lipinski definition) is 4. The molecule has 0 saturated heterocycles. The third-order valence-electron chi connectivity index (χ3n) is 1.66. The van der Waals surface area contributed by atoms with Crippen LogP contribution in [0.25, 0.3) is 9.40 Å². The molecule has 0 atom stereocenters. The second kappa shape index (κ2) is 4.08. The van der Waals surface area contributed by atoms with Crippen molar-refractivity contribution in [1.82, 2.24) is 0 Å². The van der Waals surface area contributed by atoms with Crippen LogP contribution in [-0.4, -0.2) is 17.7 Å². The van der Waals surface area contributed by atoms with Crippen molar-refractivity contribution in [3.8, 4) is 0 Å². The number of aliphatic carboxylic acids is 1. The monoisotopic (exact) mass is 228 g/mol. The Labute approximate surface area is 88.6 Å². The van der Waals surface area contributed by atoms with Crippen molar-refractivity contribution >= 4 is 38.0 Å². The van der Waals surface area contributed by atoms with E-state index in [9.17, 15) is 4.79 Å². The minimum Gasteiger partial charge on any atom is -0.480 e. The zero-order chi connectivity index (χ0) is 9.97. The van der Waals surface area contributed by atoms with E-state index in [4.69, 9.17) is 9.84 Å². The number of thiophene rings is 2. The summed E-state index contributed by atoms with van der Waals surface area (Å²) in [4.78, 5) is 11.3. The summed E-state index contributed by atoms with van der Waals surface area (Å²) in [5.74, 6) is -0.927. The highest BCUT2D eigenvalue weighted by Gasteiger charge is 2.03. The Morgan fingerprint density at radius 2 is 2.36 bits per heavy atom. The second-order valence-corrected chi connectivity index (χ2v) is 4.86. The molecule has 0 spiro atoms. The molecule has 14 heavy (non-hydrogen) atoms. The van der Waals surface area contributed by atoms with Crippen molar-refractivity contribution in [1.29, 1.82) is 0 Å². The fraction of sp³-hybridized carbons (Fsp3) is 0.222. The Balaban J connectivity index is 1.98. The van der Waals surface area contributed by atoms with Crippen molar-refractivity contribution in [2.75, 3.05) is 6.61 Å². The van der Waals surface area contributed by atoms with E-state index in [-0.39, 0.29) is 6.61 Å². The van der Waals surface area contributed by atoms with Gasteiger partial charge in [-0.3, -0.25) is 0 Å². The highest BCUT2D eigenvalue weighted by atomic mass is 32.1. The molecule has 1 N–H and O–H groups in total. The molecule has 0 fully saturated rings. The minimum atomic E-state index is -0.927. The Bertz CT molecular complexity index is 415. The van der Waals surface area contributed by atoms with Gasteiger partial charge in [-0.15, -0.1) is 22.7 Å². The smallest absolute Gasteiger partial charge is 0.329 e. The lowest BCUT2D eigenvalue weighted by Gasteiger charge is -1.96. The van der Waals surface area contributed by atoms with E-state index in [1.807, 2.05) is 11.4 Å².